The van der Waals surface area contributed by atoms with Crippen LogP contribution in [0.5, 0.6) is 0 Å². The molecule has 1 heterocycles. The lowest BCUT2D eigenvalue weighted by Crippen LogP contribution is -2.60. The number of ether oxygens (including phenoxy) is 2. The number of hydrogen-bond donors (Lipinski definition) is 7. The number of aliphatic hydroxyl groups excluding tert-OH is 6. The minimum Gasteiger partial charge on any atom is -0.394 e. The van der Waals surface area contributed by atoms with Gasteiger partial charge in [-0.15, -0.1) is 0 Å². The van der Waals surface area contributed by atoms with Crippen LogP contribution in [-0.4, -0.2) is 98.7 Å². The molecule has 7 N–H and O–H groups in total. The van der Waals surface area contributed by atoms with Crippen molar-refractivity contribution < 1.29 is 44.9 Å². The van der Waals surface area contributed by atoms with Crippen molar-refractivity contribution in [2.45, 2.75) is 217 Å². The van der Waals surface area contributed by atoms with E-state index >= 15 is 0 Å². The number of amides is 1. The Labute approximate surface area is 310 Å². The van der Waals surface area contributed by atoms with Crippen molar-refractivity contribution in [3.63, 3.8) is 0 Å². The third kappa shape index (κ3) is 22.4. The molecule has 1 amide bonds. The molecule has 0 aromatic carbocycles. The Kier molecular flexibility index (Phi) is 29.0. The molecule has 0 radical (unpaired) electrons. The van der Waals surface area contributed by atoms with Crippen LogP contribution in [0.15, 0.2) is 23.8 Å². The van der Waals surface area contributed by atoms with Crippen LogP contribution in [0.3, 0.4) is 0 Å². The second kappa shape index (κ2) is 31.0. The van der Waals surface area contributed by atoms with Crippen molar-refractivity contribution in [1.82, 2.24) is 5.32 Å². The zero-order valence-electron chi connectivity index (χ0n) is 32.4. The smallest absolute Gasteiger partial charge is 0.249 e. The van der Waals surface area contributed by atoms with Gasteiger partial charge in [0.1, 0.15) is 30.5 Å². The number of rotatable bonds is 32. The normalized spacial score (nSPS) is 23.1. The fraction of sp³-hybridized carbons (Fsp3) is 0.878. The summed E-state index contributed by atoms with van der Waals surface area (Å²) in [6, 6.07) is -0.993. The van der Waals surface area contributed by atoms with Crippen LogP contribution in [0.2, 0.25) is 0 Å². The van der Waals surface area contributed by atoms with Crippen molar-refractivity contribution >= 4 is 5.91 Å². The highest BCUT2D eigenvalue weighted by molar-refractivity contribution is 5.80. The highest BCUT2D eigenvalue weighted by atomic mass is 16.7. The first kappa shape index (κ1) is 47.7. The van der Waals surface area contributed by atoms with Crippen molar-refractivity contribution in [1.29, 1.82) is 0 Å². The molecule has 8 atom stereocenters. The van der Waals surface area contributed by atoms with Gasteiger partial charge in [0.15, 0.2) is 6.29 Å². The van der Waals surface area contributed by atoms with Gasteiger partial charge in [0.2, 0.25) is 5.91 Å². The SMILES string of the molecule is CCCCCCCCCCCCCC[C@H](O)C(=O)N[C@H](CO[C@H]1O[C@@H](CO)[C@H](O)[C@@H](O)[C@@H]1O)[C@@H](O)/C=C/CC/C=C(\C)CCCCCCCCC. The van der Waals surface area contributed by atoms with Crippen molar-refractivity contribution in [2.75, 3.05) is 13.2 Å². The standard InChI is InChI=1S/C41H77NO9/c1-4-6-8-10-12-13-14-15-16-18-20-24-29-35(45)40(49)42-33(31-50-41-39(48)38(47)37(46)36(30-43)51-41)34(44)28-25-21-23-27-32(3)26-22-19-17-11-9-7-5-2/h25,27-28,33-39,41,43-48H,4-24,26,29-31H2,1-3H3,(H,42,49)/b28-25+,32-27+/t33-,34+,35+,36+,37+,38-,39+,41+/m1/s1. The van der Waals surface area contributed by atoms with Crippen LogP contribution in [0.25, 0.3) is 0 Å². The lowest BCUT2D eigenvalue weighted by molar-refractivity contribution is -0.302. The van der Waals surface area contributed by atoms with Gasteiger partial charge in [-0.05, 0) is 39.0 Å². The lowest BCUT2D eigenvalue weighted by atomic mass is 9.99. The summed E-state index contributed by atoms with van der Waals surface area (Å²) in [5, 5.41) is 64.5. The van der Waals surface area contributed by atoms with Gasteiger partial charge in [0.25, 0.3) is 0 Å². The molecule has 1 aliphatic rings. The van der Waals surface area contributed by atoms with E-state index < -0.39 is 61.5 Å². The Hall–Kier alpha value is -1.37. The van der Waals surface area contributed by atoms with Crippen LogP contribution in [-0.2, 0) is 14.3 Å². The van der Waals surface area contributed by atoms with Crippen LogP contribution in [0.4, 0.5) is 0 Å². The molecule has 1 fully saturated rings. The average Bonchev–Trinajstić information content (AvgIpc) is 3.12. The van der Waals surface area contributed by atoms with Gasteiger partial charge in [-0.25, -0.2) is 0 Å². The number of hydrogen-bond acceptors (Lipinski definition) is 9. The molecule has 0 bridgehead atoms. The molecule has 0 aromatic heterocycles. The van der Waals surface area contributed by atoms with E-state index in [-0.39, 0.29) is 6.61 Å². The molecule has 0 saturated carbocycles. The quantitative estimate of drug-likeness (QED) is 0.0301. The first-order chi connectivity index (χ1) is 24.7. The number of aliphatic hydroxyl groups is 6. The average molecular weight is 728 g/mol. The number of carbonyl (C=O) groups excluding carboxylic acids is 1. The third-order valence-electron chi connectivity index (χ3n) is 10.00. The number of unbranched alkanes of at least 4 members (excludes halogenated alkanes) is 18. The Bertz CT molecular complexity index is 898. The van der Waals surface area contributed by atoms with Crippen LogP contribution >= 0.6 is 0 Å². The summed E-state index contributed by atoms with van der Waals surface area (Å²) in [6.07, 6.45) is 22.0. The predicted octanol–water partition coefficient (Wildman–Crippen LogP) is 6.52. The monoisotopic (exact) mass is 728 g/mol. The van der Waals surface area contributed by atoms with Crippen molar-refractivity contribution in [3.05, 3.63) is 23.8 Å². The summed E-state index contributed by atoms with van der Waals surface area (Å²) in [5.41, 5.74) is 1.36. The van der Waals surface area contributed by atoms with Gasteiger partial charge >= 0.3 is 0 Å². The molecule has 1 saturated heterocycles. The summed E-state index contributed by atoms with van der Waals surface area (Å²) in [7, 11) is 0. The Morgan fingerprint density at radius 2 is 1.27 bits per heavy atom. The molecule has 51 heavy (non-hydrogen) atoms. The molecule has 300 valence electrons. The highest BCUT2D eigenvalue weighted by Gasteiger charge is 2.44. The topological polar surface area (TPSA) is 169 Å². The summed E-state index contributed by atoms with van der Waals surface area (Å²) < 4.78 is 11.1. The summed E-state index contributed by atoms with van der Waals surface area (Å²) in [6.45, 7) is 5.70. The third-order valence-corrected chi connectivity index (χ3v) is 10.00. The van der Waals surface area contributed by atoms with Gasteiger partial charge in [-0.3, -0.25) is 4.79 Å². The first-order valence-electron chi connectivity index (χ1n) is 20.6. The minimum absolute atomic E-state index is 0.306. The van der Waals surface area contributed by atoms with E-state index in [4.69, 9.17) is 9.47 Å². The molecule has 1 aliphatic heterocycles. The van der Waals surface area contributed by atoms with Crippen LogP contribution in [0, 0.1) is 0 Å². The van der Waals surface area contributed by atoms with Gasteiger partial charge in [-0.1, -0.05) is 153 Å². The molecular formula is C41H77NO9. The number of allylic oxidation sites excluding steroid dienone is 3. The van der Waals surface area contributed by atoms with E-state index in [0.29, 0.717) is 19.3 Å². The van der Waals surface area contributed by atoms with Gasteiger partial charge in [0.05, 0.1) is 25.4 Å². The predicted molar refractivity (Wildman–Crippen MR) is 204 cm³/mol. The van der Waals surface area contributed by atoms with Crippen molar-refractivity contribution in [2.24, 2.45) is 0 Å². The Morgan fingerprint density at radius 1 is 0.745 bits per heavy atom. The largest absolute Gasteiger partial charge is 0.394 e. The van der Waals surface area contributed by atoms with E-state index in [0.717, 1.165) is 32.1 Å². The molecule has 10 nitrogen and oxygen atoms in total. The molecule has 0 unspecified atom stereocenters. The lowest BCUT2D eigenvalue weighted by Gasteiger charge is -2.40. The molecule has 0 aliphatic carbocycles. The van der Waals surface area contributed by atoms with Gasteiger partial charge in [-0.2, -0.15) is 0 Å². The molecular weight excluding hydrogens is 650 g/mol. The van der Waals surface area contributed by atoms with E-state index in [1.165, 1.54) is 102 Å². The Morgan fingerprint density at radius 3 is 1.82 bits per heavy atom. The fourth-order valence-corrected chi connectivity index (χ4v) is 6.48. The first-order valence-corrected chi connectivity index (χ1v) is 20.6. The summed E-state index contributed by atoms with van der Waals surface area (Å²) in [4.78, 5) is 13.0. The zero-order valence-corrected chi connectivity index (χ0v) is 32.4. The number of carbonyl (C=O) groups is 1. The highest BCUT2D eigenvalue weighted by Crippen LogP contribution is 2.22. The van der Waals surface area contributed by atoms with E-state index in [2.05, 4.69) is 32.2 Å². The molecule has 1 rings (SSSR count). The Balaban J connectivity index is 2.59. The second-order valence-corrected chi connectivity index (χ2v) is 14.8. The summed E-state index contributed by atoms with van der Waals surface area (Å²) >= 11 is 0. The summed E-state index contributed by atoms with van der Waals surface area (Å²) in [5.74, 6) is -0.628. The molecule has 10 heteroatoms. The number of nitrogens with one attached hydrogen (secondary N) is 1. The minimum atomic E-state index is -1.61. The van der Waals surface area contributed by atoms with Crippen LogP contribution in [0.1, 0.15) is 168 Å². The fourth-order valence-electron chi connectivity index (χ4n) is 6.48. The maximum atomic E-state index is 13.0. The van der Waals surface area contributed by atoms with Crippen molar-refractivity contribution in [3.8, 4) is 0 Å². The van der Waals surface area contributed by atoms with Crippen LogP contribution < -0.4 is 5.32 Å². The maximum absolute atomic E-state index is 13.0. The van der Waals surface area contributed by atoms with Gasteiger partial charge in [0, 0.05) is 0 Å². The van der Waals surface area contributed by atoms with E-state index in [1.807, 2.05) is 6.08 Å². The molecule has 0 aromatic rings. The molecule has 0 spiro atoms. The second-order valence-electron chi connectivity index (χ2n) is 14.8. The maximum Gasteiger partial charge on any atom is 0.249 e. The zero-order chi connectivity index (χ0) is 37.7. The van der Waals surface area contributed by atoms with E-state index in [9.17, 15) is 35.4 Å². The van der Waals surface area contributed by atoms with Gasteiger partial charge < -0.3 is 45.4 Å². The van der Waals surface area contributed by atoms with E-state index in [1.54, 1.807) is 6.08 Å².